The fourth-order valence-corrected chi connectivity index (χ4v) is 6.81. The maximum Gasteiger partial charge on any atom is 0.471 e. The van der Waals surface area contributed by atoms with Crippen molar-refractivity contribution in [1.29, 1.82) is 0 Å². The molecule has 17 heteroatoms. The van der Waals surface area contributed by atoms with Gasteiger partial charge in [0.25, 0.3) is 5.91 Å². The van der Waals surface area contributed by atoms with Gasteiger partial charge < -0.3 is 35.7 Å². The lowest BCUT2D eigenvalue weighted by Gasteiger charge is -2.41. The average molecular weight is 699 g/mol. The van der Waals surface area contributed by atoms with Crippen LogP contribution in [0.2, 0.25) is 0 Å². The summed E-state index contributed by atoms with van der Waals surface area (Å²) in [5, 5.41) is 31.3. The van der Waals surface area contributed by atoms with Crippen molar-refractivity contribution in [1.82, 2.24) is 30.3 Å². The van der Waals surface area contributed by atoms with Crippen LogP contribution in [0.15, 0.2) is 73.3 Å². The van der Waals surface area contributed by atoms with E-state index in [1.165, 1.54) is 12.7 Å². The van der Waals surface area contributed by atoms with Crippen LogP contribution >= 0.6 is 0 Å². The number of fused-ring (bicyclic) bond motifs is 1. The number of aliphatic hydroxyl groups is 2. The minimum absolute atomic E-state index is 0.00899. The first-order valence-corrected chi connectivity index (χ1v) is 16.1. The number of ether oxygens (including phenoxy) is 1. The van der Waals surface area contributed by atoms with Gasteiger partial charge in [0.1, 0.15) is 18.8 Å². The summed E-state index contributed by atoms with van der Waals surface area (Å²) in [5.41, 5.74) is 6.52. The molecule has 1 saturated heterocycles. The molecule has 4 aromatic rings. The van der Waals surface area contributed by atoms with Crippen LogP contribution in [0.5, 0.6) is 0 Å². The molecule has 6 rings (SSSR count). The maximum atomic E-state index is 13.0. The molecule has 1 aliphatic carbocycles. The third-order valence-electron chi connectivity index (χ3n) is 9.27. The van der Waals surface area contributed by atoms with Gasteiger partial charge in [-0.05, 0) is 37.3 Å². The number of hydrogen-bond acceptors (Lipinski definition) is 11. The number of amides is 2. The predicted octanol–water partition coefficient (Wildman–Crippen LogP) is 1.59. The normalized spacial score (nSPS) is 26.6. The molecule has 2 aromatic carbocycles. The van der Waals surface area contributed by atoms with Crippen LogP contribution in [-0.2, 0) is 14.3 Å². The second kappa shape index (κ2) is 13.8. The van der Waals surface area contributed by atoms with Crippen molar-refractivity contribution < 1.29 is 42.5 Å². The van der Waals surface area contributed by atoms with Crippen LogP contribution in [0.4, 0.5) is 19.0 Å². The van der Waals surface area contributed by atoms with Crippen LogP contribution in [0.3, 0.4) is 0 Å². The zero-order valence-electron chi connectivity index (χ0n) is 26.9. The third-order valence-corrected chi connectivity index (χ3v) is 9.27. The first-order valence-electron chi connectivity index (χ1n) is 16.1. The van der Waals surface area contributed by atoms with E-state index in [-0.39, 0.29) is 42.9 Å². The number of aromatic nitrogens is 4. The molecular formula is C33H37F3N8O6. The van der Waals surface area contributed by atoms with E-state index in [0.29, 0.717) is 12.4 Å². The van der Waals surface area contributed by atoms with Gasteiger partial charge in [0.15, 0.2) is 23.0 Å². The molecule has 266 valence electrons. The molecule has 1 aliphatic heterocycles. The number of aliphatic hydroxyl groups excluding tert-OH is 1. The molecule has 2 unspecified atom stereocenters. The highest BCUT2D eigenvalue weighted by atomic mass is 19.4. The van der Waals surface area contributed by atoms with E-state index in [2.05, 4.69) is 25.6 Å². The zero-order valence-corrected chi connectivity index (χ0v) is 26.9. The lowest BCUT2D eigenvalue weighted by Crippen LogP contribution is -2.70. The number of halogens is 3. The van der Waals surface area contributed by atoms with Gasteiger partial charge in [-0.1, -0.05) is 60.7 Å². The molecule has 6 atom stereocenters. The highest BCUT2D eigenvalue weighted by Crippen LogP contribution is 2.48. The number of hydrogen-bond donors (Lipinski definition) is 6. The minimum atomic E-state index is -5.11. The van der Waals surface area contributed by atoms with E-state index in [1.54, 1.807) is 6.92 Å². The summed E-state index contributed by atoms with van der Waals surface area (Å²) < 4.78 is 45.6. The van der Waals surface area contributed by atoms with Crippen molar-refractivity contribution in [3.8, 4) is 0 Å². The number of nitrogens with zero attached hydrogens (tertiary/aromatic N) is 4. The highest BCUT2D eigenvalue weighted by molar-refractivity contribution is 5.83. The SMILES string of the molecule is CCNC(=O)[C@H]1O[C@@](N)(On2cnc3c(NCC(c4ccccc4)c4ccccc4)ncnc32)[C@@](O)(C2CCC(NC(=O)C(F)(F)F)C2)[C@@H]1O. The molecule has 0 spiro atoms. The summed E-state index contributed by atoms with van der Waals surface area (Å²) in [7, 11) is 0. The Kier molecular flexibility index (Phi) is 9.67. The van der Waals surface area contributed by atoms with Crippen molar-refractivity contribution in [2.45, 2.75) is 68.0 Å². The summed E-state index contributed by atoms with van der Waals surface area (Å²) >= 11 is 0. The molecule has 3 heterocycles. The fraction of sp³-hybridized carbons (Fsp3) is 0.424. The maximum absolute atomic E-state index is 13.0. The van der Waals surface area contributed by atoms with Gasteiger partial charge in [-0.15, -0.1) is 4.73 Å². The average Bonchev–Trinajstić information content (AvgIpc) is 3.79. The standard InChI is InChI=1S/C33H37F3N8O6/c1-2-38-29(46)25-26(45)31(48,21-13-14-22(15-21)43-30(47)32(34,35)36)33(37,49-25)50-44-18-42-24-27(40-17-41-28(24)44)39-16-23(19-9-5-3-6-10-19)20-11-7-4-8-12-20/h3-12,17-18,21-23,25-26,45,48H,2,13-16,37H2,1H3,(H,38,46)(H,43,47)(H,39,40,41)/t21?,22?,25-,26+,31+,33+/m0/s1. The topological polar surface area (TPSA) is 199 Å². The van der Waals surface area contributed by atoms with Crippen LogP contribution in [0.1, 0.15) is 43.2 Å². The van der Waals surface area contributed by atoms with Gasteiger partial charge in [-0.3, -0.25) is 15.3 Å². The van der Waals surface area contributed by atoms with Crippen molar-refractivity contribution in [3.05, 3.63) is 84.4 Å². The lowest BCUT2D eigenvalue weighted by molar-refractivity contribution is -0.300. The molecule has 2 fully saturated rings. The summed E-state index contributed by atoms with van der Waals surface area (Å²) in [6, 6.07) is 18.8. The van der Waals surface area contributed by atoms with E-state index in [4.69, 9.17) is 15.3 Å². The van der Waals surface area contributed by atoms with Gasteiger partial charge in [0.05, 0.1) is 0 Å². The number of nitrogens with one attached hydrogen (secondary N) is 3. The number of anilines is 1. The van der Waals surface area contributed by atoms with Crippen molar-refractivity contribution in [3.63, 3.8) is 0 Å². The Morgan fingerprint density at radius 3 is 2.36 bits per heavy atom. The van der Waals surface area contributed by atoms with Crippen LogP contribution in [0, 0.1) is 5.92 Å². The van der Waals surface area contributed by atoms with Crippen LogP contribution in [-0.4, -0.2) is 90.7 Å². The molecule has 0 bridgehead atoms. The zero-order chi connectivity index (χ0) is 35.7. The highest BCUT2D eigenvalue weighted by Gasteiger charge is 2.71. The summed E-state index contributed by atoms with van der Waals surface area (Å²) in [6.45, 7) is 2.21. The molecule has 14 nitrogen and oxygen atoms in total. The van der Waals surface area contributed by atoms with Gasteiger partial charge in [0.2, 0.25) is 5.65 Å². The molecule has 2 aromatic heterocycles. The molecule has 50 heavy (non-hydrogen) atoms. The number of carbonyl (C=O) groups is 2. The van der Waals surface area contributed by atoms with Gasteiger partial charge in [-0.25, -0.2) is 15.0 Å². The summed E-state index contributed by atoms with van der Waals surface area (Å²) in [4.78, 5) is 43.6. The van der Waals surface area contributed by atoms with Gasteiger partial charge in [0, 0.05) is 31.0 Å². The van der Waals surface area contributed by atoms with Gasteiger partial charge >= 0.3 is 18.0 Å². The second-order valence-electron chi connectivity index (χ2n) is 12.4. The minimum Gasteiger partial charge on any atom is -0.386 e. The first-order chi connectivity index (χ1) is 23.9. The third kappa shape index (κ3) is 6.56. The number of carbonyl (C=O) groups excluding carboxylic acids is 2. The van der Waals surface area contributed by atoms with E-state index in [0.717, 1.165) is 15.9 Å². The quantitative estimate of drug-likeness (QED) is 0.124. The molecule has 2 aliphatic rings. The van der Waals surface area contributed by atoms with Crippen molar-refractivity contribution in [2.24, 2.45) is 11.7 Å². The first kappa shape index (κ1) is 35.0. The Labute approximate surface area is 284 Å². The molecule has 2 amide bonds. The van der Waals surface area contributed by atoms with E-state index in [9.17, 15) is 33.0 Å². The largest absolute Gasteiger partial charge is 0.471 e. The summed E-state index contributed by atoms with van der Waals surface area (Å²) in [6.07, 6.45) is -6.55. The van der Waals surface area contributed by atoms with E-state index in [1.807, 2.05) is 66.0 Å². The van der Waals surface area contributed by atoms with E-state index < -0.39 is 53.7 Å². The number of nitrogens with two attached hydrogens (primary N) is 1. The molecule has 0 radical (unpaired) electrons. The summed E-state index contributed by atoms with van der Waals surface area (Å²) in [5.74, 6) is -6.37. The fourth-order valence-electron chi connectivity index (χ4n) is 6.81. The molecular weight excluding hydrogens is 661 g/mol. The Bertz CT molecular complexity index is 1780. The van der Waals surface area contributed by atoms with E-state index >= 15 is 0 Å². The number of alkyl halides is 3. The second-order valence-corrected chi connectivity index (χ2v) is 12.4. The number of imidazole rings is 1. The Morgan fingerprint density at radius 1 is 1.08 bits per heavy atom. The lowest BCUT2D eigenvalue weighted by atomic mass is 9.78. The van der Waals surface area contributed by atoms with Crippen LogP contribution in [0.25, 0.3) is 11.2 Å². The Morgan fingerprint density at radius 2 is 1.74 bits per heavy atom. The predicted molar refractivity (Wildman–Crippen MR) is 172 cm³/mol. The molecule has 7 N–H and O–H groups in total. The smallest absolute Gasteiger partial charge is 0.386 e. The monoisotopic (exact) mass is 698 g/mol. The Hall–Kier alpha value is -4.84. The van der Waals surface area contributed by atoms with Gasteiger partial charge in [-0.2, -0.15) is 13.2 Å². The Balaban J connectivity index is 1.28. The number of likely N-dealkylation sites (N-methyl/N-ethyl adjacent to an activating group) is 1. The molecule has 1 saturated carbocycles. The number of rotatable bonds is 11. The van der Waals surface area contributed by atoms with Crippen LogP contribution < -0.4 is 26.5 Å². The van der Waals surface area contributed by atoms with Crippen molar-refractivity contribution in [2.75, 3.05) is 18.4 Å². The van der Waals surface area contributed by atoms with Crippen molar-refractivity contribution >= 4 is 28.8 Å². The number of benzene rings is 2.